The van der Waals surface area contributed by atoms with Crippen LogP contribution >= 0.6 is 24.0 Å². The zero-order chi connectivity index (χ0) is 20.9. The lowest BCUT2D eigenvalue weighted by molar-refractivity contribution is 0.169. The molecule has 0 aliphatic carbocycles. The molecule has 0 radical (unpaired) electrons. The molecule has 1 aliphatic heterocycles. The van der Waals surface area contributed by atoms with Crippen molar-refractivity contribution in [2.24, 2.45) is 4.99 Å². The molecule has 4 rings (SSSR count). The number of hydrogen-bond donors (Lipinski definition) is 1. The maximum Gasteiger partial charge on any atom is 0.194 e. The first kappa shape index (κ1) is 23.3. The normalized spacial score (nSPS) is 15.1. The van der Waals surface area contributed by atoms with Crippen LogP contribution in [0.2, 0.25) is 0 Å². The smallest absolute Gasteiger partial charge is 0.194 e. The number of hydrogen-bond acceptors (Lipinski definition) is 6. The Bertz CT molecular complexity index is 998. The van der Waals surface area contributed by atoms with Crippen LogP contribution in [0.3, 0.4) is 0 Å². The van der Waals surface area contributed by atoms with E-state index in [1.807, 2.05) is 38.2 Å². The number of rotatable bonds is 5. The second kappa shape index (κ2) is 10.8. The van der Waals surface area contributed by atoms with E-state index in [1.54, 1.807) is 6.26 Å². The van der Waals surface area contributed by atoms with Gasteiger partial charge in [-0.1, -0.05) is 23.4 Å². The van der Waals surface area contributed by atoms with E-state index in [0.29, 0.717) is 6.54 Å². The molecule has 0 saturated carbocycles. The summed E-state index contributed by atoms with van der Waals surface area (Å²) in [5.74, 6) is 1.89. The van der Waals surface area contributed by atoms with Crippen LogP contribution in [0.25, 0.3) is 10.9 Å². The van der Waals surface area contributed by atoms with Crippen LogP contribution < -0.4 is 10.2 Å². The molecule has 1 N–H and O–H groups in total. The monoisotopic (exact) mass is 535 g/mol. The summed E-state index contributed by atoms with van der Waals surface area (Å²) in [6, 6.07) is 12.4. The summed E-state index contributed by atoms with van der Waals surface area (Å²) in [6.07, 6.45) is 1.63. The highest BCUT2D eigenvalue weighted by Gasteiger charge is 2.20. The van der Waals surface area contributed by atoms with Crippen molar-refractivity contribution >= 4 is 46.7 Å². The summed E-state index contributed by atoms with van der Waals surface area (Å²) < 4.78 is 4.94. The van der Waals surface area contributed by atoms with Crippen molar-refractivity contribution in [2.45, 2.75) is 13.1 Å². The first-order valence-corrected chi connectivity index (χ1v) is 10.3. The van der Waals surface area contributed by atoms with Gasteiger partial charge in [-0.15, -0.1) is 24.0 Å². The molecule has 2 aromatic heterocycles. The fourth-order valence-electron chi connectivity index (χ4n) is 3.78. The molecule has 0 amide bonds. The summed E-state index contributed by atoms with van der Waals surface area (Å²) in [5, 5.41) is 8.74. The first-order valence-electron chi connectivity index (χ1n) is 10.3. The number of aromatic nitrogens is 2. The van der Waals surface area contributed by atoms with Crippen LogP contribution in [0.4, 0.5) is 5.82 Å². The third-order valence-electron chi connectivity index (χ3n) is 5.44. The van der Waals surface area contributed by atoms with E-state index in [4.69, 9.17) is 9.51 Å². The minimum atomic E-state index is 0. The van der Waals surface area contributed by atoms with Crippen LogP contribution in [-0.2, 0) is 13.1 Å². The van der Waals surface area contributed by atoms with E-state index >= 15 is 0 Å². The molecule has 166 valence electrons. The molecule has 1 aromatic carbocycles. The van der Waals surface area contributed by atoms with Gasteiger partial charge in [0.15, 0.2) is 5.96 Å². The minimum absolute atomic E-state index is 0. The number of benzene rings is 1. The van der Waals surface area contributed by atoms with Gasteiger partial charge in [-0.2, -0.15) is 0 Å². The van der Waals surface area contributed by atoms with E-state index in [0.717, 1.165) is 55.7 Å². The molecule has 31 heavy (non-hydrogen) atoms. The van der Waals surface area contributed by atoms with Crippen LogP contribution in [0.15, 0.2) is 52.2 Å². The molecular formula is C22H30IN7O. The number of halogens is 1. The predicted molar refractivity (Wildman–Crippen MR) is 135 cm³/mol. The summed E-state index contributed by atoms with van der Waals surface area (Å²) in [5.41, 5.74) is 3.21. The van der Waals surface area contributed by atoms with Crippen LogP contribution in [0, 0.1) is 0 Å². The van der Waals surface area contributed by atoms with Gasteiger partial charge >= 0.3 is 0 Å². The van der Waals surface area contributed by atoms with Crippen LogP contribution in [-0.4, -0.2) is 73.2 Å². The molecule has 1 saturated heterocycles. The Morgan fingerprint density at radius 1 is 1.16 bits per heavy atom. The van der Waals surface area contributed by atoms with Crippen molar-refractivity contribution in [2.75, 3.05) is 52.2 Å². The maximum absolute atomic E-state index is 4.94. The van der Waals surface area contributed by atoms with Gasteiger partial charge in [0.1, 0.15) is 12.1 Å². The first-order chi connectivity index (χ1) is 14.6. The molecule has 1 aliphatic rings. The Kier molecular flexibility index (Phi) is 8.08. The van der Waals surface area contributed by atoms with Gasteiger partial charge in [0.05, 0.1) is 11.2 Å². The molecule has 0 unspecified atom stereocenters. The zero-order valence-electron chi connectivity index (χ0n) is 18.3. The largest absolute Gasteiger partial charge is 0.364 e. The number of anilines is 1. The van der Waals surface area contributed by atoms with E-state index < -0.39 is 0 Å². The highest BCUT2D eigenvalue weighted by Crippen LogP contribution is 2.22. The number of pyridine rings is 1. The fraction of sp³-hybridized carbons (Fsp3) is 0.409. The molecule has 0 bridgehead atoms. The number of nitrogens with one attached hydrogen (secondary N) is 1. The Balaban J connectivity index is 0.00000272. The van der Waals surface area contributed by atoms with E-state index in [-0.39, 0.29) is 24.0 Å². The van der Waals surface area contributed by atoms with Crippen molar-refractivity contribution in [1.82, 2.24) is 25.3 Å². The number of guanidine groups is 1. The average Bonchev–Trinajstić information content (AvgIpc) is 3.28. The van der Waals surface area contributed by atoms with Gasteiger partial charge in [0.25, 0.3) is 0 Å². The van der Waals surface area contributed by atoms with Crippen molar-refractivity contribution in [3.63, 3.8) is 0 Å². The summed E-state index contributed by atoms with van der Waals surface area (Å²) >= 11 is 0. The number of fused-ring (bicyclic) bond motifs is 1. The van der Waals surface area contributed by atoms with Crippen LogP contribution in [0.1, 0.15) is 11.3 Å². The van der Waals surface area contributed by atoms with E-state index in [1.165, 1.54) is 10.9 Å². The van der Waals surface area contributed by atoms with Crippen molar-refractivity contribution < 1.29 is 4.52 Å². The highest BCUT2D eigenvalue weighted by atomic mass is 127. The molecule has 8 nitrogen and oxygen atoms in total. The van der Waals surface area contributed by atoms with E-state index in [2.05, 4.69) is 49.5 Å². The number of nitrogens with zero attached hydrogens (tertiary/aromatic N) is 6. The van der Waals surface area contributed by atoms with Gasteiger partial charge in [0.2, 0.25) is 0 Å². The summed E-state index contributed by atoms with van der Waals surface area (Å²) in [6.45, 7) is 5.32. The molecule has 0 spiro atoms. The molecule has 0 atom stereocenters. The topological polar surface area (TPSA) is 73.0 Å². The van der Waals surface area contributed by atoms with Crippen molar-refractivity contribution in [1.29, 1.82) is 0 Å². The molecular weight excluding hydrogens is 505 g/mol. The van der Waals surface area contributed by atoms with Crippen molar-refractivity contribution in [3.05, 3.63) is 53.9 Å². The zero-order valence-corrected chi connectivity index (χ0v) is 20.6. The van der Waals surface area contributed by atoms with Gasteiger partial charge < -0.3 is 19.6 Å². The summed E-state index contributed by atoms with van der Waals surface area (Å²) in [4.78, 5) is 16.0. The Hall–Kier alpha value is -2.40. The molecule has 3 aromatic rings. The number of aliphatic imine (C=N–C) groups is 1. The van der Waals surface area contributed by atoms with Gasteiger partial charge in [-0.05, 0) is 17.7 Å². The lowest BCUT2D eigenvalue weighted by atomic mass is 10.1. The van der Waals surface area contributed by atoms with Gasteiger partial charge in [-0.3, -0.25) is 9.89 Å². The lowest BCUT2D eigenvalue weighted by Crippen LogP contribution is -2.52. The number of para-hydroxylation sites is 1. The standard InChI is InChI=1S/C22H29N7O.HI/c1-23-22(29-11-9-28(10-12-29)16-18-8-13-30-26-18)24-15-17-14-21(27(2)3)25-20-7-5-4-6-19(17)20;/h4-8,13-14H,9-12,15-16H2,1-3H3,(H,23,24);1H. The van der Waals surface area contributed by atoms with Crippen molar-refractivity contribution in [3.8, 4) is 0 Å². The van der Waals surface area contributed by atoms with Crippen LogP contribution in [0.5, 0.6) is 0 Å². The lowest BCUT2D eigenvalue weighted by Gasteiger charge is -2.36. The SMILES string of the molecule is CN=C(NCc1cc(N(C)C)nc2ccccc12)N1CCN(Cc2ccon2)CC1.I. The highest BCUT2D eigenvalue weighted by molar-refractivity contribution is 14.0. The summed E-state index contributed by atoms with van der Waals surface area (Å²) in [7, 11) is 5.89. The molecule has 9 heteroatoms. The second-order valence-corrected chi connectivity index (χ2v) is 7.71. The maximum atomic E-state index is 4.94. The van der Waals surface area contributed by atoms with Gasteiger partial charge in [-0.25, -0.2) is 4.98 Å². The second-order valence-electron chi connectivity index (χ2n) is 7.71. The Morgan fingerprint density at radius 2 is 1.94 bits per heavy atom. The third-order valence-corrected chi connectivity index (χ3v) is 5.44. The Labute approximate surface area is 200 Å². The Morgan fingerprint density at radius 3 is 2.61 bits per heavy atom. The van der Waals surface area contributed by atoms with E-state index in [9.17, 15) is 0 Å². The minimum Gasteiger partial charge on any atom is -0.364 e. The number of piperazine rings is 1. The average molecular weight is 535 g/mol. The molecule has 3 heterocycles. The quantitative estimate of drug-likeness (QED) is 0.306. The molecule has 1 fully saturated rings. The third kappa shape index (κ3) is 5.65. The predicted octanol–water partition coefficient (Wildman–Crippen LogP) is 2.80. The fourth-order valence-corrected chi connectivity index (χ4v) is 3.78. The van der Waals surface area contributed by atoms with Gasteiger partial charge in [0, 0.05) is 71.9 Å².